The average Bonchev–Trinajstić information content (AvgIpc) is 2.26. The van der Waals surface area contributed by atoms with Crippen LogP contribution < -0.4 is 11.1 Å². The van der Waals surface area contributed by atoms with Gasteiger partial charge in [-0.15, -0.1) is 0 Å². The minimum Gasteiger partial charge on any atom is -0.397 e. The first-order valence-electron chi connectivity index (χ1n) is 4.42. The molecular formula is C9H13N3O3. The highest BCUT2D eigenvalue weighted by atomic mass is 16.3. The van der Waals surface area contributed by atoms with Crippen LogP contribution in [-0.2, 0) is 0 Å². The Kier molecular flexibility index (Phi) is 4.02. The number of nitrogens with one attached hydrogen (secondary N) is 1. The smallest absolute Gasteiger partial charge is 0.272 e. The van der Waals surface area contributed by atoms with E-state index in [1.165, 1.54) is 6.20 Å². The molecule has 82 valence electrons. The zero-order chi connectivity index (χ0) is 11.3. The summed E-state index contributed by atoms with van der Waals surface area (Å²) in [6.07, 6.45) is 0.479. The number of amides is 1. The third-order valence-corrected chi connectivity index (χ3v) is 1.76. The molecule has 0 saturated heterocycles. The summed E-state index contributed by atoms with van der Waals surface area (Å²) in [5.41, 5.74) is 5.91. The molecule has 0 bridgehead atoms. The van der Waals surface area contributed by atoms with Gasteiger partial charge in [0.05, 0.1) is 18.4 Å². The number of rotatable bonds is 4. The summed E-state index contributed by atoms with van der Waals surface area (Å²) >= 11 is 0. The summed E-state index contributed by atoms with van der Waals surface area (Å²) in [4.78, 5) is 15.2. The number of hydrogen-bond donors (Lipinski definition) is 4. The number of aliphatic hydroxyl groups is 2. The van der Waals surface area contributed by atoms with Crippen molar-refractivity contribution in [3.63, 3.8) is 0 Å². The summed E-state index contributed by atoms with van der Waals surface area (Å²) in [5, 5.41) is 19.9. The lowest BCUT2D eigenvalue weighted by molar-refractivity contribution is 0.0799. The van der Waals surface area contributed by atoms with Gasteiger partial charge in [-0.3, -0.25) is 4.79 Å². The van der Waals surface area contributed by atoms with Gasteiger partial charge in [-0.2, -0.15) is 0 Å². The normalized spacial score (nSPS) is 12.1. The minimum absolute atomic E-state index is 0.0364. The lowest BCUT2D eigenvalue weighted by Crippen LogP contribution is -2.34. The van der Waals surface area contributed by atoms with Crippen molar-refractivity contribution < 1.29 is 15.0 Å². The molecule has 0 saturated carbocycles. The van der Waals surface area contributed by atoms with Gasteiger partial charge in [0.25, 0.3) is 5.91 Å². The lowest BCUT2D eigenvalue weighted by Gasteiger charge is -2.09. The van der Waals surface area contributed by atoms with Crippen molar-refractivity contribution in [2.45, 2.75) is 6.10 Å². The van der Waals surface area contributed by atoms with Crippen molar-refractivity contribution in [3.05, 3.63) is 24.0 Å². The van der Waals surface area contributed by atoms with Crippen molar-refractivity contribution in [1.29, 1.82) is 0 Å². The van der Waals surface area contributed by atoms with Gasteiger partial charge in [0, 0.05) is 12.7 Å². The van der Waals surface area contributed by atoms with Crippen LogP contribution in [0.2, 0.25) is 0 Å². The summed E-state index contributed by atoms with van der Waals surface area (Å²) in [6, 6.07) is 3.18. The topological polar surface area (TPSA) is 108 Å². The second kappa shape index (κ2) is 5.28. The second-order valence-corrected chi connectivity index (χ2v) is 2.99. The highest BCUT2D eigenvalue weighted by molar-refractivity contribution is 5.96. The van der Waals surface area contributed by atoms with Crippen molar-refractivity contribution >= 4 is 11.6 Å². The first-order valence-corrected chi connectivity index (χ1v) is 4.42. The molecule has 0 aliphatic heterocycles. The number of anilines is 1. The van der Waals surface area contributed by atoms with Crippen molar-refractivity contribution in [1.82, 2.24) is 10.3 Å². The Labute approximate surface area is 86.8 Å². The summed E-state index contributed by atoms with van der Waals surface area (Å²) < 4.78 is 0. The van der Waals surface area contributed by atoms with E-state index in [2.05, 4.69) is 10.3 Å². The zero-order valence-corrected chi connectivity index (χ0v) is 8.05. The molecule has 0 aliphatic carbocycles. The lowest BCUT2D eigenvalue weighted by atomic mass is 10.3. The molecule has 1 rings (SSSR count). The maximum atomic E-state index is 11.4. The Morgan fingerprint density at radius 1 is 1.67 bits per heavy atom. The average molecular weight is 211 g/mol. The second-order valence-electron chi connectivity index (χ2n) is 2.99. The standard InChI is InChI=1S/C9H13N3O3/c10-7-2-1-3-11-8(7)9(15)12-4-6(14)5-13/h1-3,6,13-14H,4-5,10H2,(H,12,15). The van der Waals surface area contributed by atoms with Crippen LogP contribution in [0.25, 0.3) is 0 Å². The number of hydrogen-bond acceptors (Lipinski definition) is 5. The number of carbonyl (C=O) groups is 1. The number of aromatic nitrogens is 1. The SMILES string of the molecule is Nc1cccnc1C(=O)NCC(O)CO. The number of pyridine rings is 1. The van der Waals surface area contributed by atoms with Gasteiger partial charge in [-0.1, -0.05) is 0 Å². The van der Waals surface area contributed by atoms with E-state index in [0.717, 1.165) is 0 Å². The van der Waals surface area contributed by atoms with Gasteiger partial charge < -0.3 is 21.3 Å². The van der Waals surface area contributed by atoms with E-state index >= 15 is 0 Å². The first-order chi connectivity index (χ1) is 7.15. The molecule has 0 fully saturated rings. The van der Waals surface area contributed by atoms with Gasteiger partial charge >= 0.3 is 0 Å². The number of nitrogen functional groups attached to an aromatic ring is 1. The number of nitrogens with two attached hydrogens (primary N) is 1. The van der Waals surface area contributed by atoms with Crippen LogP contribution in [-0.4, -0.2) is 40.4 Å². The zero-order valence-electron chi connectivity index (χ0n) is 8.05. The third kappa shape index (κ3) is 3.19. The van der Waals surface area contributed by atoms with Gasteiger partial charge in [-0.05, 0) is 12.1 Å². The van der Waals surface area contributed by atoms with Gasteiger partial charge in [0.1, 0.15) is 0 Å². The van der Waals surface area contributed by atoms with Crippen molar-refractivity contribution in [2.75, 3.05) is 18.9 Å². The summed E-state index contributed by atoms with van der Waals surface area (Å²) in [5.74, 6) is -0.472. The molecular weight excluding hydrogens is 198 g/mol. The Balaban J connectivity index is 2.58. The summed E-state index contributed by atoms with van der Waals surface area (Å²) in [7, 11) is 0. The molecule has 5 N–H and O–H groups in total. The Hall–Kier alpha value is -1.66. The Morgan fingerprint density at radius 3 is 3.00 bits per heavy atom. The van der Waals surface area contributed by atoms with Crippen LogP contribution in [0.4, 0.5) is 5.69 Å². The molecule has 6 heteroatoms. The fourth-order valence-corrected chi connectivity index (χ4v) is 0.966. The van der Waals surface area contributed by atoms with Crippen LogP contribution in [0, 0.1) is 0 Å². The molecule has 15 heavy (non-hydrogen) atoms. The molecule has 6 nitrogen and oxygen atoms in total. The largest absolute Gasteiger partial charge is 0.397 e. The Morgan fingerprint density at radius 2 is 2.40 bits per heavy atom. The molecule has 1 amide bonds. The van der Waals surface area contributed by atoms with Gasteiger partial charge in [-0.25, -0.2) is 4.98 Å². The molecule has 0 radical (unpaired) electrons. The van der Waals surface area contributed by atoms with Crippen LogP contribution in [0.1, 0.15) is 10.5 Å². The summed E-state index contributed by atoms with van der Waals surface area (Å²) in [6.45, 7) is -0.441. The quantitative estimate of drug-likeness (QED) is 0.497. The minimum atomic E-state index is -0.973. The Bertz CT molecular complexity index is 343. The maximum Gasteiger partial charge on any atom is 0.272 e. The van der Waals surface area contributed by atoms with E-state index in [1.54, 1.807) is 12.1 Å². The van der Waals surface area contributed by atoms with E-state index in [0.29, 0.717) is 0 Å². The predicted octanol–water partition coefficient (Wildman–Crippen LogP) is -1.25. The maximum absolute atomic E-state index is 11.4. The molecule has 1 heterocycles. The monoisotopic (exact) mass is 211 g/mol. The first kappa shape index (κ1) is 11.4. The predicted molar refractivity (Wildman–Crippen MR) is 54.1 cm³/mol. The van der Waals surface area contributed by atoms with E-state index in [-0.39, 0.29) is 17.9 Å². The highest BCUT2D eigenvalue weighted by Gasteiger charge is 2.11. The number of nitrogens with zero attached hydrogens (tertiary/aromatic N) is 1. The fourth-order valence-electron chi connectivity index (χ4n) is 0.966. The van der Waals surface area contributed by atoms with E-state index < -0.39 is 18.6 Å². The molecule has 1 aromatic heterocycles. The van der Waals surface area contributed by atoms with E-state index in [1.807, 2.05) is 0 Å². The van der Waals surface area contributed by atoms with E-state index in [9.17, 15) is 4.79 Å². The molecule has 0 aliphatic rings. The highest BCUT2D eigenvalue weighted by Crippen LogP contribution is 2.05. The van der Waals surface area contributed by atoms with Crippen molar-refractivity contribution in [2.24, 2.45) is 0 Å². The van der Waals surface area contributed by atoms with Crippen molar-refractivity contribution in [3.8, 4) is 0 Å². The molecule has 1 aromatic rings. The molecule has 1 unspecified atom stereocenters. The molecule has 1 atom stereocenters. The van der Waals surface area contributed by atoms with Crippen LogP contribution in [0.15, 0.2) is 18.3 Å². The molecule has 0 spiro atoms. The molecule has 0 aromatic carbocycles. The number of carbonyl (C=O) groups excluding carboxylic acids is 1. The van der Waals surface area contributed by atoms with Gasteiger partial charge in [0.2, 0.25) is 0 Å². The fraction of sp³-hybridized carbons (Fsp3) is 0.333. The van der Waals surface area contributed by atoms with Gasteiger partial charge in [0.15, 0.2) is 5.69 Å². The van der Waals surface area contributed by atoms with Crippen LogP contribution >= 0.6 is 0 Å². The van der Waals surface area contributed by atoms with E-state index in [4.69, 9.17) is 15.9 Å². The number of aliphatic hydroxyl groups excluding tert-OH is 2. The van der Waals surface area contributed by atoms with Crippen LogP contribution in [0.5, 0.6) is 0 Å². The third-order valence-electron chi connectivity index (χ3n) is 1.76. The van der Waals surface area contributed by atoms with Crippen LogP contribution in [0.3, 0.4) is 0 Å².